The molecule has 60 heavy (non-hydrogen) atoms. The van der Waals surface area contributed by atoms with E-state index >= 15 is 0 Å². The summed E-state index contributed by atoms with van der Waals surface area (Å²) in [6, 6.07) is 15.2. The van der Waals surface area contributed by atoms with Gasteiger partial charge < -0.3 is 39.6 Å². The standard InChI is InChI=1S/C47H57N3O10/c1-26(2)46-22-35(46)39-47(60-39)44(4)19-17-32-34(24-56-41(32)54)36(44)25-58-45(47,5)42(46)59-38(52)18-21-49-40(53)37(16-10-11-20-48-27(3)51)50-43(55)57-23-33-30-14-8-6-12-28(30)29-13-7-9-15-31(29)33/h6-9,12-15,26,33,35-37,39,42H,10-11,16-25H2,1-5H3,(H,48,51)(H,49,53)(H,50,55)/t35-,36?,37-,39-,42-,44-,45+,46+,47+/m0/s1. The number of benzene rings is 2. The van der Waals surface area contributed by atoms with Gasteiger partial charge in [-0.2, -0.15) is 0 Å². The molecule has 3 heterocycles. The summed E-state index contributed by atoms with van der Waals surface area (Å²) in [4.78, 5) is 64.8. The van der Waals surface area contributed by atoms with Crippen molar-refractivity contribution in [1.82, 2.24) is 16.0 Å². The molecule has 3 N–H and O–H groups in total. The van der Waals surface area contributed by atoms with Crippen LogP contribution in [0.15, 0.2) is 59.7 Å². The highest BCUT2D eigenvalue weighted by Gasteiger charge is 2.93. The lowest BCUT2D eigenvalue weighted by molar-refractivity contribution is -0.265. The average Bonchev–Trinajstić information content (AvgIpc) is 4.10. The molecule has 0 radical (unpaired) electrons. The zero-order valence-electron chi connectivity index (χ0n) is 35.2. The van der Waals surface area contributed by atoms with Crippen molar-refractivity contribution in [1.29, 1.82) is 0 Å². The Hall–Kier alpha value is -4.75. The lowest BCUT2D eigenvalue weighted by Gasteiger charge is -2.61. The summed E-state index contributed by atoms with van der Waals surface area (Å²) >= 11 is 0. The van der Waals surface area contributed by atoms with Gasteiger partial charge in [-0.05, 0) is 85.1 Å². The maximum Gasteiger partial charge on any atom is 0.407 e. The zero-order valence-corrected chi connectivity index (χ0v) is 35.2. The van der Waals surface area contributed by atoms with Crippen molar-refractivity contribution < 1.29 is 47.7 Å². The Morgan fingerprint density at radius 3 is 2.37 bits per heavy atom. The lowest BCUT2D eigenvalue weighted by atomic mass is 9.49. The Kier molecular flexibility index (Phi) is 10.2. The van der Waals surface area contributed by atoms with E-state index in [2.05, 4.69) is 55.8 Å². The van der Waals surface area contributed by atoms with Crippen LogP contribution in [0.2, 0.25) is 0 Å². The van der Waals surface area contributed by atoms with Crippen LogP contribution in [0.3, 0.4) is 0 Å². The highest BCUT2D eigenvalue weighted by atomic mass is 16.7. The molecule has 9 atom stereocenters. The molecular weight excluding hydrogens is 767 g/mol. The van der Waals surface area contributed by atoms with Crippen molar-refractivity contribution in [3.8, 4) is 11.1 Å². The minimum absolute atomic E-state index is 0.00381. The van der Waals surface area contributed by atoms with E-state index < -0.39 is 41.3 Å². The van der Waals surface area contributed by atoms with Gasteiger partial charge >= 0.3 is 18.0 Å². The summed E-state index contributed by atoms with van der Waals surface area (Å²) in [5.41, 5.74) is 3.97. The van der Waals surface area contributed by atoms with Gasteiger partial charge in [0.2, 0.25) is 11.8 Å². The van der Waals surface area contributed by atoms with Crippen molar-refractivity contribution in [3.05, 3.63) is 70.8 Å². The van der Waals surface area contributed by atoms with Crippen molar-refractivity contribution in [2.75, 3.05) is 32.9 Å². The van der Waals surface area contributed by atoms with Crippen molar-refractivity contribution in [2.24, 2.45) is 28.6 Å². The topological polar surface area (TPSA) is 171 Å². The number of fused-ring (bicyclic) bond motifs is 7. The van der Waals surface area contributed by atoms with E-state index in [1.807, 2.05) is 36.4 Å². The Morgan fingerprint density at radius 1 is 0.950 bits per heavy atom. The monoisotopic (exact) mass is 823 g/mol. The number of hydrogen-bond donors (Lipinski definition) is 3. The number of carbonyl (C=O) groups excluding carboxylic acids is 5. The number of amides is 3. The fourth-order valence-corrected chi connectivity index (χ4v) is 12.4. The van der Waals surface area contributed by atoms with Crippen LogP contribution in [0.1, 0.15) is 96.6 Å². The number of alkyl carbamates (subject to hydrolysis) is 1. The second kappa shape index (κ2) is 15.0. The molecule has 3 amide bonds. The number of esters is 2. The van der Waals surface area contributed by atoms with Crippen LogP contribution >= 0.6 is 0 Å². The number of epoxide rings is 1. The number of carbonyl (C=O) groups is 5. The van der Waals surface area contributed by atoms with Crippen LogP contribution in [0.4, 0.5) is 4.79 Å². The Morgan fingerprint density at radius 2 is 1.67 bits per heavy atom. The molecule has 13 heteroatoms. The van der Waals surface area contributed by atoms with E-state index in [-0.39, 0.29) is 78.7 Å². The number of cyclic esters (lactones) is 1. The second-order valence-corrected chi connectivity index (χ2v) is 18.7. The Bertz CT molecular complexity index is 2110. The molecule has 7 aliphatic rings. The molecule has 1 unspecified atom stereocenters. The predicted molar refractivity (Wildman–Crippen MR) is 218 cm³/mol. The lowest BCUT2D eigenvalue weighted by Crippen LogP contribution is -2.73. The predicted octanol–water partition coefficient (Wildman–Crippen LogP) is 5.49. The number of nitrogens with one attached hydrogen (secondary N) is 3. The molecule has 2 aromatic carbocycles. The van der Waals surface area contributed by atoms with Crippen LogP contribution in [0.25, 0.3) is 11.1 Å². The van der Waals surface area contributed by atoms with E-state index in [0.717, 1.165) is 46.2 Å². The SMILES string of the molecule is CC(=O)NCCCC[C@H](NC(=O)OCC1c2ccccc2-c2ccccc21)C(=O)NCCC(=O)O[C@@H]1[C@@]2(C(C)C)C[C@H]2[C@@H]2O[C@@]23[C@@]2(C)CCC4=C(COC4=O)C2CO[C@]13C. The summed E-state index contributed by atoms with van der Waals surface area (Å²) < 4.78 is 31.6. The van der Waals surface area contributed by atoms with E-state index in [9.17, 15) is 24.0 Å². The average molecular weight is 824 g/mol. The molecule has 3 aliphatic heterocycles. The van der Waals surface area contributed by atoms with Gasteiger partial charge in [0.05, 0.1) is 19.1 Å². The quantitative estimate of drug-likeness (QED) is 0.0959. The molecular formula is C47H57N3O10. The van der Waals surface area contributed by atoms with Crippen molar-refractivity contribution >= 4 is 29.8 Å². The van der Waals surface area contributed by atoms with Gasteiger partial charge in [-0.15, -0.1) is 0 Å². The molecule has 13 nitrogen and oxygen atoms in total. The van der Waals surface area contributed by atoms with E-state index in [0.29, 0.717) is 38.8 Å². The second-order valence-electron chi connectivity index (χ2n) is 18.7. The molecule has 4 aliphatic carbocycles. The zero-order chi connectivity index (χ0) is 42.2. The summed E-state index contributed by atoms with van der Waals surface area (Å²) in [5, 5.41) is 8.40. The van der Waals surface area contributed by atoms with Gasteiger partial charge in [-0.1, -0.05) is 69.3 Å². The number of unbranched alkanes of at least 4 members (excludes halogenated alkanes) is 1. The molecule has 2 aromatic rings. The largest absolute Gasteiger partial charge is 0.458 e. The molecule has 2 saturated carbocycles. The fourth-order valence-electron chi connectivity index (χ4n) is 12.4. The summed E-state index contributed by atoms with van der Waals surface area (Å²) in [6.07, 6.45) is 2.34. The highest BCUT2D eigenvalue weighted by molar-refractivity contribution is 5.92. The van der Waals surface area contributed by atoms with Crippen molar-refractivity contribution in [2.45, 2.75) is 115 Å². The number of ether oxygens (including phenoxy) is 5. The van der Waals surface area contributed by atoms with Gasteiger partial charge in [-0.3, -0.25) is 14.4 Å². The Balaban J connectivity index is 0.846. The van der Waals surface area contributed by atoms with E-state index in [1.54, 1.807) is 0 Å². The minimum Gasteiger partial charge on any atom is -0.458 e. The smallest absolute Gasteiger partial charge is 0.407 e. The molecule has 2 saturated heterocycles. The summed E-state index contributed by atoms with van der Waals surface area (Å²) in [6.45, 7) is 11.3. The first-order chi connectivity index (χ1) is 28.8. The van der Waals surface area contributed by atoms with E-state index in [1.165, 1.54) is 6.92 Å². The molecule has 9 rings (SSSR count). The third-order valence-corrected chi connectivity index (χ3v) is 15.5. The van der Waals surface area contributed by atoms with Gasteiger partial charge in [0.15, 0.2) is 0 Å². The third kappa shape index (κ3) is 6.19. The number of hydrogen-bond acceptors (Lipinski definition) is 10. The maximum absolute atomic E-state index is 13.9. The Labute approximate surface area is 351 Å². The van der Waals surface area contributed by atoms with Crippen LogP contribution in [-0.2, 0) is 42.9 Å². The third-order valence-electron chi connectivity index (χ3n) is 15.5. The summed E-state index contributed by atoms with van der Waals surface area (Å²) in [7, 11) is 0. The first-order valence-corrected chi connectivity index (χ1v) is 21.8. The van der Waals surface area contributed by atoms with Gasteiger partial charge in [0.1, 0.15) is 36.6 Å². The van der Waals surface area contributed by atoms with Crippen LogP contribution in [0, 0.1) is 28.6 Å². The minimum atomic E-state index is -0.928. The first-order valence-electron chi connectivity index (χ1n) is 21.8. The molecule has 4 fully saturated rings. The first kappa shape index (κ1) is 40.6. The maximum atomic E-state index is 13.9. The van der Waals surface area contributed by atoms with Crippen LogP contribution in [0.5, 0.6) is 0 Å². The van der Waals surface area contributed by atoms with Gasteiger partial charge in [0.25, 0.3) is 0 Å². The van der Waals surface area contributed by atoms with Gasteiger partial charge in [0, 0.05) is 48.3 Å². The van der Waals surface area contributed by atoms with E-state index in [4.69, 9.17) is 23.7 Å². The molecule has 320 valence electrons. The molecule has 1 spiro atoms. The van der Waals surface area contributed by atoms with Crippen molar-refractivity contribution in [3.63, 3.8) is 0 Å². The number of rotatable bonds is 14. The van der Waals surface area contributed by atoms with Crippen LogP contribution < -0.4 is 16.0 Å². The molecule has 0 bridgehead atoms. The fraction of sp³-hybridized carbons (Fsp3) is 0.596. The summed E-state index contributed by atoms with van der Waals surface area (Å²) in [5.74, 6) is -0.996. The normalized spacial score (nSPS) is 33.1. The molecule has 0 aromatic heterocycles. The highest BCUT2D eigenvalue weighted by Crippen LogP contribution is 2.82. The van der Waals surface area contributed by atoms with Crippen LogP contribution in [-0.4, -0.2) is 92.2 Å². The van der Waals surface area contributed by atoms with Gasteiger partial charge in [-0.25, -0.2) is 9.59 Å².